The van der Waals surface area contributed by atoms with Crippen LogP contribution < -0.4 is 11.1 Å². The molecule has 1 amide bonds. The van der Waals surface area contributed by atoms with Crippen LogP contribution >= 0.6 is 11.6 Å². The van der Waals surface area contributed by atoms with Crippen molar-refractivity contribution in [2.45, 2.75) is 32.1 Å². The molecular formula is C15H21ClN2O. The van der Waals surface area contributed by atoms with Gasteiger partial charge in [-0.2, -0.15) is 0 Å². The molecule has 1 aliphatic carbocycles. The Balaban J connectivity index is 1.82. The molecule has 2 rings (SSSR count). The third kappa shape index (κ3) is 3.48. The Morgan fingerprint density at radius 1 is 1.26 bits per heavy atom. The molecule has 0 atom stereocenters. The third-order valence-electron chi connectivity index (χ3n) is 4.05. The van der Waals surface area contributed by atoms with Gasteiger partial charge in [0.05, 0.1) is 5.41 Å². The quantitative estimate of drug-likeness (QED) is 0.871. The molecule has 0 radical (unpaired) electrons. The second-order valence-electron chi connectivity index (χ2n) is 5.32. The number of nitrogens with one attached hydrogen (secondary N) is 1. The highest BCUT2D eigenvalue weighted by atomic mass is 35.5. The molecule has 104 valence electrons. The van der Waals surface area contributed by atoms with E-state index in [4.69, 9.17) is 17.3 Å². The average Bonchev–Trinajstić information content (AvgIpc) is 2.91. The van der Waals surface area contributed by atoms with Crippen molar-refractivity contribution < 1.29 is 4.79 Å². The van der Waals surface area contributed by atoms with E-state index in [9.17, 15) is 4.79 Å². The molecule has 1 fully saturated rings. The SMILES string of the molecule is NCC1(C(=O)NCCc2ccc(Cl)cc2)CCCC1. The number of carbonyl (C=O) groups excluding carboxylic acids is 1. The van der Waals surface area contributed by atoms with Crippen molar-refractivity contribution in [3.63, 3.8) is 0 Å². The molecule has 4 heteroatoms. The summed E-state index contributed by atoms with van der Waals surface area (Å²) in [5.41, 5.74) is 6.67. The van der Waals surface area contributed by atoms with Crippen molar-refractivity contribution in [3.8, 4) is 0 Å². The van der Waals surface area contributed by atoms with E-state index in [0.29, 0.717) is 13.1 Å². The number of carbonyl (C=O) groups is 1. The first-order chi connectivity index (χ1) is 9.16. The Kier molecular flexibility index (Phi) is 4.83. The Hall–Kier alpha value is -1.06. The van der Waals surface area contributed by atoms with E-state index < -0.39 is 0 Å². The van der Waals surface area contributed by atoms with Crippen molar-refractivity contribution in [2.75, 3.05) is 13.1 Å². The van der Waals surface area contributed by atoms with Crippen molar-refractivity contribution in [1.82, 2.24) is 5.32 Å². The van der Waals surface area contributed by atoms with Gasteiger partial charge in [0.25, 0.3) is 0 Å². The summed E-state index contributed by atoms with van der Waals surface area (Å²) < 4.78 is 0. The Labute approximate surface area is 119 Å². The zero-order valence-electron chi connectivity index (χ0n) is 11.1. The summed E-state index contributed by atoms with van der Waals surface area (Å²) in [7, 11) is 0. The first kappa shape index (κ1) is 14.4. The summed E-state index contributed by atoms with van der Waals surface area (Å²) in [4.78, 5) is 12.2. The average molecular weight is 281 g/mol. The minimum absolute atomic E-state index is 0.126. The highest BCUT2D eigenvalue weighted by Crippen LogP contribution is 2.37. The number of benzene rings is 1. The molecular weight excluding hydrogens is 260 g/mol. The fourth-order valence-electron chi connectivity index (χ4n) is 2.73. The number of hydrogen-bond donors (Lipinski definition) is 2. The van der Waals surface area contributed by atoms with E-state index in [1.54, 1.807) is 0 Å². The van der Waals surface area contributed by atoms with Crippen LogP contribution in [0.4, 0.5) is 0 Å². The van der Waals surface area contributed by atoms with Gasteiger partial charge in [-0.1, -0.05) is 36.6 Å². The predicted octanol–water partition coefficient (Wildman–Crippen LogP) is 2.52. The van der Waals surface area contributed by atoms with Crippen LogP contribution in [0.2, 0.25) is 5.02 Å². The number of amides is 1. The molecule has 0 bridgehead atoms. The molecule has 0 aromatic heterocycles. The van der Waals surface area contributed by atoms with Crippen LogP contribution in [0, 0.1) is 5.41 Å². The lowest BCUT2D eigenvalue weighted by atomic mass is 9.85. The Bertz CT molecular complexity index is 424. The molecule has 19 heavy (non-hydrogen) atoms. The van der Waals surface area contributed by atoms with E-state index in [1.807, 2.05) is 24.3 Å². The summed E-state index contributed by atoms with van der Waals surface area (Å²) in [5, 5.41) is 3.76. The van der Waals surface area contributed by atoms with Gasteiger partial charge in [-0.3, -0.25) is 4.79 Å². The van der Waals surface area contributed by atoms with Crippen molar-refractivity contribution in [2.24, 2.45) is 11.1 Å². The molecule has 3 N–H and O–H groups in total. The lowest BCUT2D eigenvalue weighted by molar-refractivity contribution is -0.130. The topological polar surface area (TPSA) is 55.1 Å². The first-order valence-electron chi connectivity index (χ1n) is 6.89. The monoisotopic (exact) mass is 280 g/mol. The van der Waals surface area contributed by atoms with Gasteiger partial charge in [-0.05, 0) is 37.0 Å². The summed E-state index contributed by atoms with van der Waals surface area (Å²) >= 11 is 5.84. The molecule has 3 nitrogen and oxygen atoms in total. The molecule has 1 aliphatic rings. The summed E-state index contributed by atoms with van der Waals surface area (Å²) in [6, 6.07) is 7.72. The predicted molar refractivity (Wildman–Crippen MR) is 78.1 cm³/mol. The maximum atomic E-state index is 12.2. The van der Waals surface area contributed by atoms with Crippen molar-refractivity contribution in [3.05, 3.63) is 34.9 Å². The highest BCUT2D eigenvalue weighted by molar-refractivity contribution is 6.30. The Morgan fingerprint density at radius 3 is 2.47 bits per heavy atom. The largest absolute Gasteiger partial charge is 0.355 e. The molecule has 0 heterocycles. The van der Waals surface area contributed by atoms with Gasteiger partial charge in [0.2, 0.25) is 5.91 Å². The van der Waals surface area contributed by atoms with E-state index >= 15 is 0 Å². The van der Waals surface area contributed by atoms with Gasteiger partial charge < -0.3 is 11.1 Å². The van der Waals surface area contributed by atoms with Crippen LogP contribution in [0.5, 0.6) is 0 Å². The smallest absolute Gasteiger partial charge is 0.227 e. The summed E-state index contributed by atoms with van der Waals surface area (Å²) in [6.07, 6.45) is 4.90. The van der Waals surface area contributed by atoms with Crippen LogP contribution in [0.15, 0.2) is 24.3 Å². The van der Waals surface area contributed by atoms with Crippen LogP contribution in [0.1, 0.15) is 31.2 Å². The second kappa shape index (κ2) is 6.40. The minimum atomic E-state index is -0.306. The number of nitrogens with two attached hydrogens (primary N) is 1. The second-order valence-corrected chi connectivity index (χ2v) is 5.76. The Morgan fingerprint density at radius 2 is 1.89 bits per heavy atom. The summed E-state index contributed by atoms with van der Waals surface area (Å²) in [6.45, 7) is 1.11. The molecule has 0 saturated heterocycles. The van der Waals surface area contributed by atoms with Gasteiger partial charge in [0.1, 0.15) is 0 Å². The van der Waals surface area contributed by atoms with Crippen molar-refractivity contribution in [1.29, 1.82) is 0 Å². The van der Waals surface area contributed by atoms with Crippen LogP contribution in [-0.2, 0) is 11.2 Å². The fourth-order valence-corrected chi connectivity index (χ4v) is 2.86. The highest BCUT2D eigenvalue weighted by Gasteiger charge is 2.39. The number of rotatable bonds is 5. The number of hydrogen-bond acceptors (Lipinski definition) is 2. The third-order valence-corrected chi connectivity index (χ3v) is 4.30. The van der Waals surface area contributed by atoms with Gasteiger partial charge in [-0.15, -0.1) is 0 Å². The molecule has 1 aromatic carbocycles. The molecule has 1 aromatic rings. The van der Waals surface area contributed by atoms with Crippen LogP contribution in [-0.4, -0.2) is 19.0 Å². The van der Waals surface area contributed by atoms with Gasteiger partial charge in [0, 0.05) is 18.1 Å². The van der Waals surface area contributed by atoms with Gasteiger partial charge >= 0.3 is 0 Å². The van der Waals surface area contributed by atoms with E-state index in [2.05, 4.69) is 5.32 Å². The molecule has 1 saturated carbocycles. The maximum Gasteiger partial charge on any atom is 0.227 e. The van der Waals surface area contributed by atoms with Crippen LogP contribution in [0.3, 0.4) is 0 Å². The fraction of sp³-hybridized carbons (Fsp3) is 0.533. The van der Waals surface area contributed by atoms with E-state index in [0.717, 1.165) is 37.1 Å². The molecule has 0 unspecified atom stereocenters. The zero-order valence-corrected chi connectivity index (χ0v) is 11.9. The molecule has 0 spiro atoms. The normalized spacial score (nSPS) is 17.4. The van der Waals surface area contributed by atoms with E-state index in [1.165, 1.54) is 5.56 Å². The van der Waals surface area contributed by atoms with Gasteiger partial charge in [0.15, 0.2) is 0 Å². The molecule has 0 aliphatic heterocycles. The lowest BCUT2D eigenvalue weighted by Crippen LogP contribution is -2.44. The standard InChI is InChI=1S/C15H21ClN2O/c16-13-5-3-12(4-6-13)7-10-18-14(19)15(11-17)8-1-2-9-15/h3-6H,1-2,7-11,17H2,(H,18,19). The van der Waals surface area contributed by atoms with Gasteiger partial charge in [-0.25, -0.2) is 0 Å². The minimum Gasteiger partial charge on any atom is -0.355 e. The maximum absolute atomic E-state index is 12.2. The lowest BCUT2D eigenvalue weighted by Gasteiger charge is -2.25. The van der Waals surface area contributed by atoms with Crippen LogP contribution in [0.25, 0.3) is 0 Å². The zero-order chi connectivity index (χ0) is 13.7. The van der Waals surface area contributed by atoms with Crippen molar-refractivity contribution >= 4 is 17.5 Å². The summed E-state index contributed by atoms with van der Waals surface area (Å²) in [5.74, 6) is 0.126. The van der Waals surface area contributed by atoms with E-state index in [-0.39, 0.29) is 11.3 Å². The number of halogens is 1. The first-order valence-corrected chi connectivity index (χ1v) is 7.27.